The van der Waals surface area contributed by atoms with E-state index in [0.717, 1.165) is 34.8 Å². The molecule has 0 saturated carbocycles. The molecule has 2 aromatic rings. The minimum Gasteiger partial charge on any atom is -0.497 e. The Bertz CT molecular complexity index is 701. The highest BCUT2D eigenvalue weighted by atomic mass is 16.5. The van der Waals surface area contributed by atoms with Crippen molar-refractivity contribution in [2.24, 2.45) is 0 Å². The number of hydrogen-bond donors (Lipinski definition) is 2. The van der Waals surface area contributed by atoms with Crippen molar-refractivity contribution in [2.75, 3.05) is 34.4 Å². The number of methoxy groups -OCH3 is 3. The van der Waals surface area contributed by atoms with Crippen LogP contribution in [-0.4, -0.2) is 40.5 Å². The molecule has 2 rings (SSSR count). The Labute approximate surface area is 154 Å². The maximum atomic E-state index is 11.9. The van der Waals surface area contributed by atoms with E-state index in [-0.39, 0.29) is 6.03 Å². The molecule has 0 aromatic heterocycles. The number of carbonyl (C=O) groups excluding carboxylic acids is 1. The van der Waals surface area contributed by atoms with Crippen LogP contribution < -0.4 is 24.8 Å². The van der Waals surface area contributed by atoms with Crippen LogP contribution in [0.5, 0.6) is 17.2 Å². The van der Waals surface area contributed by atoms with Crippen LogP contribution in [0.3, 0.4) is 0 Å². The third-order valence-electron chi connectivity index (χ3n) is 4.03. The lowest BCUT2D eigenvalue weighted by Gasteiger charge is -2.11. The predicted molar refractivity (Wildman–Crippen MR) is 101 cm³/mol. The molecule has 26 heavy (non-hydrogen) atoms. The van der Waals surface area contributed by atoms with E-state index in [1.807, 2.05) is 42.5 Å². The number of amides is 2. The summed E-state index contributed by atoms with van der Waals surface area (Å²) in [6, 6.07) is 13.3. The Hall–Kier alpha value is -2.89. The van der Waals surface area contributed by atoms with Gasteiger partial charge >= 0.3 is 6.03 Å². The monoisotopic (exact) mass is 358 g/mol. The average molecular weight is 358 g/mol. The summed E-state index contributed by atoms with van der Waals surface area (Å²) < 4.78 is 15.7. The van der Waals surface area contributed by atoms with Gasteiger partial charge in [0.15, 0.2) is 0 Å². The second-order valence-corrected chi connectivity index (χ2v) is 5.71. The van der Waals surface area contributed by atoms with Crippen molar-refractivity contribution in [2.45, 2.75) is 12.8 Å². The molecule has 0 aliphatic carbocycles. The van der Waals surface area contributed by atoms with Gasteiger partial charge in [0.2, 0.25) is 0 Å². The molecule has 0 unspecified atom stereocenters. The van der Waals surface area contributed by atoms with E-state index in [2.05, 4.69) is 10.6 Å². The lowest BCUT2D eigenvalue weighted by atomic mass is 10.1. The van der Waals surface area contributed by atoms with Crippen molar-refractivity contribution in [1.82, 2.24) is 10.6 Å². The highest BCUT2D eigenvalue weighted by Crippen LogP contribution is 2.24. The number of benzene rings is 2. The Morgan fingerprint density at radius 2 is 1.42 bits per heavy atom. The first-order chi connectivity index (χ1) is 12.7. The average Bonchev–Trinajstić information content (AvgIpc) is 2.68. The molecule has 0 heterocycles. The lowest BCUT2D eigenvalue weighted by Crippen LogP contribution is -2.37. The zero-order chi connectivity index (χ0) is 18.8. The minimum atomic E-state index is -0.180. The van der Waals surface area contributed by atoms with Crippen LogP contribution in [0.15, 0.2) is 42.5 Å². The Balaban J connectivity index is 1.71. The first kappa shape index (κ1) is 19.4. The summed E-state index contributed by atoms with van der Waals surface area (Å²) in [6.07, 6.45) is 1.42. The van der Waals surface area contributed by atoms with Gasteiger partial charge in [0.1, 0.15) is 17.2 Å². The zero-order valence-corrected chi connectivity index (χ0v) is 15.5. The van der Waals surface area contributed by atoms with Gasteiger partial charge in [0, 0.05) is 13.1 Å². The van der Waals surface area contributed by atoms with Crippen molar-refractivity contribution in [3.8, 4) is 17.2 Å². The van der Waals surface area contributed by atoms with Crippen molar-refractivity contribution in [3.63, 3.8) is 0 Å². The van der Waals surface area contributed by atoms with E-state index in [4.69, 9.17) is 14.2 Å². The van der Waals surface area contributed by atoms with Gasteiger partial charge in [-0.05, 0) is 54.3 Å². The fraction of sp³-hybridized carbons (Fsp3) is 0.350. The van der Waals surface area contributed by atoms with Crippen molar-refractivity contribution >= 4 is 6.03 Å². The number of urea groups is 1. The van der Waals surface area contributed by atoms with Gasteiger partial charge in [-0.15, -0.1) is 0 Å². The van der Waals surface area contributed by atoms with E-state index in [1.165, 1.54) is 0 Å². The third kappa shape index (κ3) is 5.88. The van der Waals surface area contributed by atoms with Crippen LogP contribution in [0.1, 0.15) is 11.1 Å². The molecular formula is C20H26N2O4. The molecule has 0 aliphatic heterocycles. The molecule has 6 nitrogen and oxygen atoms in total. The second-order valence-electron chi connectivity index (χ2n) is 5.71. The van der Waals surface area contributed by atoms with Crippen LogP contribution in [0, 0.1) is 0 Å². The quantitative estimate of drug-likeness (QED) is 0.723. The molecule has 6 heteroatoms. The van der Waals surface area contributed by atoms with E-state index in [9.17, 15) is 4.79 Å². The first-order valence-electron chi connectivity index (χ1n) is 8.51. The summed E-state index contributed by atoms with van der Waals surface area (Å²) >= 11 is 0. The fourth-order valence-corrected chi connectivity index (χ4v) is 2.56. The normalized spacial score (nSPS) is 10.1. The molecule has 0 bridgehead atoms. The number of hydrogen-bond acceptors (Lipinski definition) is 4. The maximum absolute atomic E-state index is 11.9. The fourth-order valence-electron chi connectivity index (χ4n) is 2.56. The smallest absolute Gasteiger partial charge is 0.314 e. The highest BCUT2D eigenvalue weighted by molar-refractivity contribution is 5.73. The van der Waals surface area contributed by atoms with Gasteiger partial charge in [-0.3, -0.25) is 0 Å². The number of nitrogens with one attached hydrogen (secondary N) is 2. The van der Waals surface area contributed by atoms with Crippen molar-refractivity contribution in [1.29, 1.82) is 0 Å². The van der Waals surface area contributed by atoms with E-state index < -0.39 is 0 Å². The largest absolute Gasteiger partial charge is 0.497 e. The van der Waals surface area contributed by atoms with Crippen LogP contribution in [-0.2, 0) is 12.8 Å². The van der Waals surface area contributed by atoms with E-state index in [1.54, 1.807) is 21.3 Å². The minimum absolute atomic E-state index is 0.180. The summed E-state index contributed by atoms with van der Waals surface area (Å²) in [4.78, 5) is 11.9. The van der Waals surface area contributed by atoms with Gasteiger partial charge < -0.3 is 24.8 Å². The standard InChI is InChI=1S/C20H26N2O4/c1-24-17-6-4-15(5-7-17)10-12-21-20(23)22-13-11-16-14-18(25-2)8-9-19(16)26-3/h4-9,14H,10-13H2,1-3H3,(H2,21,22,23). The molecule has 0 saturated heterocycles. The summed E-state index contributed by atoms with van der Waals surface area (Å²) in [5.74, 6) is 2.38. The van der Waals surface area contributed by atoms with E-state index >= 15 is 0 Å². The Morgan fingerprint density at radius 3 is 2.04 bits per heavy atom. The Morgan fingerprint density at radius 1 is 0.808 bits per heavy atom. The van der Waals surface area contributed by atoms with Gasteiger partial charge in [0.05, 0.1) is 21.3 Å². The SMILES string of the molecule is COc1ccc(CCNC(=O)NCCc2cc(OC)ccc2OC)cc1. The van der Waals surface area contributed by atoms with E-state index in [0.29, 0.717) is 19.5 Å². The lowest BCUT2D eigenvalue weighted by molar-refractivity contribution is 0.241. The van der Waals surface area contributed by atoms with Crippen LogP contribution >= 0.6 is 0 Å². The predicted octanol–water partition coefficient (Wildman–Crippen LogP) is 2.80. The summed E-state index contributed by atoms with van der Waals surface area (Å²) in [5.41, 5.74) is 2.14. The molecule has 0 spiro atoms. The number of carbonyl (C=O) groups is 1. The summed E-state index contributed by atoms with van der Waals surface area (Å²) in [5, 5.41) is 5.72. The van der Waals surface area contributed by atoms with Gasteiger partial charge in [-0.25, -0.2) is 4.79 Å². The summed E-state index contributed by atoms with van der Waals surface area (Å²) in [7, 11) is 4.90. The topological polar surface area (TPSA) is 68.8 Å². The molecule has 2 N–H and O–H groups in total. The van der Waals surface area contributed by atoms with Crippen LogP contribution in [0.4, 0.5) is 4.79 Å². The molecule has 0 atom stereocenters. The van der Waals surface area contributed by atoms with Gasteiger partial charge in [-0.1, -0.05) is 12.1 Å². The summed E-state index contributed by atoms with van der Waals surface area (Å²) in [6.45, 7) is 1.08. The molecule has 0 aliphatic rings. The second kappa shape index (κ2) is 10.2. The van der Waals surface area contributed by atoms with Gasteiger partial charge in [0.25, 0.3) is 0 Å². The van der Waals surface area contributed by atoms with Crippen LogP contribution in [0.2, 0.25) is 0 Å². The molecule has 140 valence electrons. The third-order valence-corrected chi connectivity index (χ3v) is 4.03. The first-order valence-corrected chi connectivity index (χ1v) is 8.51. The highest BCUT2D eigenvalue weighted by Gasteiger charge is 2.06. The number of ether oxygens (including phenoxy) is 3. The molecular weight excluding hydrogens is 332 g/mol. The number of rotatable bonds is 9. The van der Waals surface area contributed by atoms with Gasteiger partial charge in [-0.2, -0.15) is 0 Å². The zero-order valence-electron chi connectivity index (χ0n) is 15.5. The Kier molecular flexibility index (Phi) is 7.61. The molecule has 0 radical (unpaired) electrons. The maximum Gasteiger partial charge on any atom is 0.314 e. The molecule has 2 amide bonds. The van der Waals surface area contributed by atoms with Crippen molar-refractivity contribution in [3.05, 3.63) is 53.6 Å². The molecule has 0 fully saturated rings. The van der Waals surface area contributed by atoms with Crippen LogP contribution in [0.25, 0.3) is 0 Å². The molecule has 2 aromatic carbocycles. The van der Waals surface area contributed by atoms with Crippen molar-refractivity contribution < 1.29 is 19.0 Å².